The van der Waals surface area contributed by atoms with Gasteiger partial charge in [-0.3, -0.25) is 0 Å². The summed E-state index contributed by atoms with van der Waals surface area (Å²) in [6.07, 6.45) is -0.0585. The normalized spacial score (nSPS) is 14.4. The summed E-state index contributed by atoms with van der Waals surface area (Å²) in [7, 11) is 0. The van der Waals surface area contributed by atoms with E-state index < -0.39 is 9.77 Å². The summed E-state index contributed by atoms with van der Waals surface area (Å²) in [4.78, 5) is 32.6. The van der Waals surface area contributed by atoms with E-state index in [1.807, 2.05) is 0 Å². The molecule has 0 spiro atoms. The second-order valence-corrected chi connectivity index (χ2v) is 5.10. The SMILES string of the molecule is CC(=O)C[C@](O)(CC[C](=O)[Mo])[C](=O)[Mo]. The standard InChI is InChI=1S/C8H10O4.2Mo/c1-7(11)5-8(12,6-10)3-2-4-9;;/h12H,2-3,5H2,1H3;;/t8-;;/m1../s1. The molecule has 0 amide bonds. The Morgan fingerprint density at radius 1 is 1.29 bits per heavy atom. The summed E-state index contributed by atoms with van der Waals surface area (Å²) in [5, 5.41) is 9.79. The summed E-state index contributed by atoms with van der Waals surface area (Å²) in [6, 6.07) is 0. The molecule has 0 saturated heterocycles. The first-order valence-electron chi connectivity index (χ1n) is 3.91. The molecule has 0 aromatic rings. The summed E-state index contributed by atoms with van der Waals surface area (Å²) in [5.74, 6) is -0.256. The van der Waals surface area contributed by atoms with Crippen molar-refractivity contribution in [3.63, 3.8) is 0 Å². The van der Waals surface area contributed by atoms with Gasteiger partial charge in [-0.2, -0.15) is 0 Å². The van der Waals surface area contributed by atoms with Crippen molar-refractivity contribution in [3.8, 4) is 0 Å². The van der Waals surface area contributed by atoms with Crippen LogP contribution in [0.15, 0.2) is 0 Å². The molecular weight excluding hydrogens is 352 g/mol. The van der Waals surface area contributed by atoms with Crippen LogP contribution in [-0.4, -0.2) is 24.8 Å². The molecule has 14 heavy (non-hydrogen) atoms. The summed E-state index contributed by atoms with van der Waals surface area (Å²) >= 11 is 2.47. The molecule has 6 heteroatoms. The fraction of sp³-hybridized carbons (Fsp3) is 0.625. The Morgan fingerprint density at radius 2 is 1.79 bits per heavy atom. The molecule has 0 aliphatic heterocycles. The Hall–Kier alpha value is 0.347. The van der Waals surface area contributed by atoms with Gasteiger partial charge < -0.3 is 0 Å². The number of carbonyl (C=O) groups excluding carboxylic acids is 3. The molecule has 0 aromatic carbocycles. The van der Waals surface area contributed by atoms with E-state index >= 15 is 0 Å². The second-order valence-electron chi connectivity index (χ2n) is 3.07. The maximum absolute atomic E-state index is 11.1. The maximum atomic E-state index is 11.1. The van der Waals surface area contributed by atoms with Crippen LogP contribution in [0.3, 0.4) is 0 Å². The van der Waals surface area contributed by atoms with Crippen LogP contribution in [-0.2, 0) is 54.0 Å². The molecule has 0 fully saturated rings. The number of hydrogen-bond acceptors (Lipinski definition) is 4. The van der Waals surface area contributed by atoms with E-state index in [4.69, 9.17) is 0 Å². The molecule has 0 aliphatic carbocycles. The van der Waals surface area contributed by atoms with E-state index in [1.54, 1.807) is 0 Å². The first-order chi connectivity index (χ1) is 6.28. The van der Waals surface area contributed by atoms with Crippen LogP contribution in [0.4, 0.5) is 0 Å². The van der Waals surface area contributed by atoms with Gasteiger partial charge in [0.25, 0.3) is 0 Å². The Morgan fingerprint density at radius 3 is 2.07 bits per heavy atom. The van der Waals surface area contributed by atoms with E-state index in [9.17, 15) is 19.5 Å². The number of aliphatic hydroxyl groups is 1. The number of carbonyl (C=O) groups is 3. The quantitative estimate of drug-likeness (QED) is 0.655. The molecule has 0 aliphatic rings. The molecule has 1 atom stereocenters. The molecule has 78 valence electrons. The Bertz CT molecular complexity index is 264. The number of Topliss-reactive ketones (excluding diaryl/α,β-unsaturated/α-hetero) is 1. The molecule has 0 radical (unpaired) electrons. The van der Waals surface area contributed by atoms with Crippen LogP contribution in [0.5, 0.6) is 0 Å². The molecule has 0 bridgehead atoms. The molecule has 0 rings (SSSR count). The zero-order valence-electron chi connectivity index (χ0n) is 7.61. The average Bonchev–Trinajstić information content (AvgIpc) is 1.99. The van der Waals surface area contributed by atoms with Crippen LogP contribution >= 0.6 is 0 Å². The zero-order valence-corrected chi connectivity index (χ0v) is 11.6. The third kappa shape index (κ3) is 5.28. The number of rotatable bonds is 6. The number of hydrogen-bond donors (Lipinski definition) is 1. The van der Waals surface area contributed by atoms with Crippen molar-refractivity contribution >= 4 is 14.1 Å². The third-order valence-corrected chi connectivity index (χ3v) is 3.10. The molecule has 0 unspecified atom stereocenters. The van der Waals surface area contributed by atoms with Crippen LogP contribution in [0.2, 0.25) is 0 Å². The van der Waals surface area contributed by atoms with Crippen LogP contribution in [0.25, 0.3) is 0 Å². The summed E-state index contributed by atoms with van der Waals surface area (Å²) in [5.41, 5.74) is -1.65. The van der Waals surface area contributed by atoms with Gasteiger partial charge in [-0.25, -0.2) is 0 Å². The van der Waals surface area contributed by atoms with E-state index in [0.717, 1.165) is 19.8 Å². The van der Waals surface area contributed by atoms with Crippen LogP contribution in [0, 0.1) is 0 Å². The summed E-state index contributed by atoms with van der Waals surface area (Å²) in [6.45, 7) is 1.31. The van der Waals surface area contributed by atoms with Crippen molar-refractivity contribution in [3.05, 3.63) is 0 Å². The van der Waals surface area contributed by atoms with Gasteiger partial charge in [0.2, 0.25) is 0 Å². The van der Waals surface area contributed by atoms with Crippen molar-refractivity contribution in [1.29, 1.82) is 0 Å². The minimum atomic E-state index is -1.65. The Kier molecular flexibility index (Phi) is 6.19. The Balaban J connectivity index is 4.47. The zero-order chi connectivity index (χ0) is 11.4. The fourth-order valence-electron chi connectivity index (χ4n) is 0.983. The van der Waals surface area contributed by atoms with Gasteiger partial charge in [0.05, 0.1) is 0 Å². The van der Waals surface area contributed by atoms with Crippen molar-refractivity contribution in [2.45, 2.75) is 31.8 Å². The number of ketones is 1. The second kappa shape index (κ2) is 6.04. The van der Waals surface area contributed by atoms with Gasteiger partial charge in [0, 0.05) is 0 Å². The van der Waals surface area contributed by atoms with Crippen LogP contribution < -0.4 is 0 Å². The van der Waals surface area contributed by atoms with E-state index in [0.29, 0.717) is 0 Å². The first-order valence-corrected chi connectivity index (χ1v) is 5.92. The Labute approximate surface area is 105 Å². The molecule has 0 heterocycles. The predicted octanol–water partition coefficient (Wildman–Crippen LogP) is -0.376. The first kappa shape index (κ1) is 14.3. The minimum absolute atomic E-state index is 0.0300. The third-order valence-electron chi connectivity index (χ3n) is 1.66. The molecule has 0 saturated carbocycles. The van der Waals surface area contributed by atoms with Crippen molar-refractivity contribution in [2.24, 2.45) is 0 Å². The van der Waals surface area contributed by atoms with Crippen molar-refractivity contribution in [2.75, 3.05) is 0 Å². The van der Waals surface area contributed by atoms with E-state index in [1.165, 1.54) is 26.7 Å². The van der Waals surface area contributed by atoms with Gasteiger partial charge in [-0.05, 0) is 0 Å². The monoisotopic (exact) mass is 366 g/mol. The van der Waals surface area contributed by atoms with Gasteiger partial charge in [0.1, 0.15) is 0 Å². The van der Waals surface area contributed by atoms with Gasteiger partial charge >= 0.3 is 105 Å². The molecule has 0 aromatic heterocycles. The fourth-order valence-corrected chi connectivity index (χ4v) is 1.66. The molecular formula is C8H10Mo2O4. The molecule has 1 N–H and O–H groups in total. The van der Waals surface area contributed by atoms with Crippen LogP contribution in [0.1, 0.15) is 26.2 Å². The molecule has 4 nitrogen and oxygen atoms in total. The average molecular weight is 362 g/mol. The van der Waals surface area contributed by atoms with Crippen molar-refractivity contribution < 1.29 is 59.1 Å². The van der Waals surface area contributed by atoms with Crippen molar-refractivity contribution in [1.82, 2.24) is 0 Å². The summed E-state index contributed by atoms with van der Waals surface area (Å²) < 4.78 is -0.545. The van der Waals surface area contributed by atoms with Gasteiger partial charge in [-0.1, -0.05) is 0 Å². The van der Waals surface area contributed by atoms with Gasteiger partial charge in [0.15, 0.2) is 0 Å². The predicted molar refractivity (Wildman–Crippen MR) is 39.5 cm³/mol. The van der Waals surface area contributed by atoms with Gasteiger partial charge in [-0.15, -0.1) is 0 Å². The van der Waals surface area contributed by atoms with E-state index in [2.05, 4.69) is 0 Å². The topological polar surface area (TPSA) is 71.4 Å². The van der Waals surface area contributed by atoms with E-state index in [-0.39, 0.29) is 29.2 Å².